The molecule has 1 aliphatic heterocycles. The molecule has 2 heterocycles. The SMILES string of the molecule is CC1CCC(C)N(c2nc3c(s2)CCCC3C(=O)O)C1. The van der Waals surface area contributed by atoms with Gasteiger partial charge in [0.25, 0.3) is 0 Å². The molecule has 2 aliphatic rings. The summed E-state index contributed by atoms with van der Waals surface area (Å²) in [4.78, 5) is 19.7. The molecule has 20 heavy (non-hydrogen) atoms. The molecule has 1 aromatic rings. The fourth-order valence-corrected chi connectivity index (χ4v) is 4.60. The Morgan fingerprint density at radius 3 is 2.90 bits per heavy atom. The van der Waals surface area contributed by atoms with Gasteiger partial charge in [-0.25, -0.2) is 4.98 Å². The second-order valence-electron chi connectivity index (χ2n) is 6.27. The van der Waals surface area contributed by atoms with Crippen LogP contribution in [0.3, 0.4) is 0 Å². The zero-order chi connectivity index (χ0) is 14.3. The lowest BCUT2D eigenvalue weighted by molar-refractivity contribution is -0.139. The summed E-state index contributed by atoms with van der Waals surface area (Å²) in [6.07, 6.45) is 5.18. The maximum Gasteiger partial charge on any atom is 0.312 e. The number of thiazole rings is 1. The molecule has 0 radical (unpaired) electrons. The molecule has 0 spiro atoms. The van der Waals surface area contributed by atoms with Crippen molar-refractivity contribution in [1.29, 1.82) is 0 Å². The van der Waals surface area contributed by atoms with E-state index in [1.807, 2.05) is 0 Å². The summed E-state index contributed by atoms with van der Waals surface area (Å²) in [5, 5.41) is 10.4. The number of aromatic nitrogens is 1. The van der Waals surface area contributed by atoms with Crippen molar-refractivity contribution in [2.75, 3.05) is 11.4 Å². The number of carboxylic acids is 1. The molecule has 3 rings (SSSR count). The van der Waals surface area contributed by atoms with Gasteiger partial charge in [-0.05, 0) is 44.9 Å². The van der Waals surface area contributed by atoms with Gasteiger partial charge < -0.3 is 10.0 Å². The van der Waals surface area contributed by atoms with Crippen LogP contribution in [0.25, 0.3) is 0 Å². The number of hydrogen-bond donors (Lipinski definition) is 1. The third kappa shape index (κ3) is 2.43. The number of piperidine rings is 1. The van der Waals surface area contributed by atoms with E-state index in [1.165, 1.54) is 17.7 Å². The highest BCUT2D eigenvalue weighted by molar-refractivity contribution is 7.15. The third-order valence-corrected chi connectivity index (χ3v) is 5.77. The number of carboxylic acid groups (broad SMARTS) is 1. The van der Waals surface area contributed by atoms with Crippen LogP contribution in [0.5, 0.6) is 0 Å². The normalized spacial score (nSPS) is 30.1. The van der Waals surface area contributed by atoms with Gasteiger partial charge in [0.15, 0.2) is 5.13 Å². The van der Waals surface area contributed by atoms with Crippen molar-refractivity contribution in [3.05, 3.63) is 10.6 Å². The average molecular weight is 294 g/mol. The molecular formula is C15H22N2O2S. The number of nitrogens with zero attached hydrogens (tertiary/aromatic N) is 2. The van der Waals surface area contributed by atoms with Gasteiger partial charge in [-0.15, -0.1) is 11.3 Å². The van der Waals surface area contributed by atoms with Crippen LogP contribution in [0.15, 0.2) is 0 Å². The van der Waals surface area contributed by atoms with E-state index < -0.39 is 5.97 Å². The molecule has 5 heteroatoms. The van der Waals surface area contributed by atoms with Crippen LogP contribution in [0.4, 0.5) is 5.13 Å². The summed E-state index contributed by atoms with van der Waals surface area (Å²) < 4.78 is 0. The number of rotatable bonds is 2. The van der Waals surface area contributed by atoms with Crippen LogP contribution in [0.2, 0.25) is 0 Å². The van der Waals surface area contributed by atoms with E-state index >= 15 is 0 Å². The highest BCUT2D eigenvalue weighted by Crippen LogP contribution is 2.39. The molecule has 0 bridgehead atoms. The van der Waals surface area contributed by atoms with Crippen molar-refractivity contribution in [2.24, 2.45) is 5.92 Å². The third-order valence-electron chi connectivity index (χ3n) is 4.60. The van der Waals surface area contributed by atoms with Crippen molar-refractivity contribution in [3.8, 4) is 0 Å². The lowest BCUT2D eigenvalue weighted by atomic mass is 9.91. The Bertz CT molecular complexity index is 514. The summed E-state index contributed by atoms with van der Waals surface area (Å²) in [5.74, 6) is -0.411. The van der Waals surface area contributed by atoms with Crippen molar-refractivity contribution < 1.29 is 9.90 Å². The number of anilines is 1. The monoisotopic (exact) mass is 294 g/mol. The quantitative estimate of drug-likeness (QED) is 0.909. The Labute approximate surface area is 123 Å². The molecule has 0 amide bonds. The standard InChI is InChI=1S/C15H22N2O2S/c1-9-6-7-10(2)17(8-9)15-16-13-11(14(18)19)4-3-5-12(13)20-15/h9-11H,3-8H2,1-2H3,(H,18,19). The molecule has 1 N–H and O–H groups in total. The van der Waals surface area contributed by atoms with E-state index in [0.717, 1.165) is 36.6 Å². The van der Waals surface area contributed by atoms with E-state index in [-0.39, 0.29) is 5.92 Å². The first-order valence-electron chi connectivity index (χ1n) is 7.55. The Morgan fingerprint density at radius 2 is 2.15 bits per heavy atom. The Balaban J connectivity index is 1.90. The Kier molecular flexibility index (Phi) is 3.71. The fourth-order valence-electron chi connectivity index (χ4n) is 3.32. The predicted octanol–water partition coefficient (Wildman–Crippen LogP) is 3.27. The number of fused-ring (bicyclic) bond motifs is 1. The van der Waals surface area contributed by atoms with Gasteiger partial charge in [0.2, 0.25) is 0 Å². The number of aryl methyl sites for hydroxylation is 1. The van der Waals surface area contributed by atoms with Gasteiger partial charge in [-0.3, -0.25) is 4.79 Å². The second-order valence-corrected chi connectivity index (χ2v) is 7.33. The summed E-state index contributed by atoms with van der Waals surface area (Å²) >= 11 is 1.72. The minimum atomic E-state index is -0.720. The van der Waals surface area contributed by atoms with Crippen LogP contribution in [-0.2, 0) is 11.2 Å². The van der Waals surface area contributed by atoms with Crippen molar-refractivity contribution in [3.63, 3.8) is 0 Å². The van der Waals surface area contributed by atoms with Crippen LogP contribution in [-0.4, -0.2) is 28.6 Å². The molecule has 1 aliphatic carbocycles. The molecule has 1 saturated heterocycles. The van der Waals surface area contributed by atoms with E-state index in [0.29, 0.717) is 12.0 Å². The number of carbonyl (C=O) groups is 1. The first-order chi connectivity index (χ1) is 9.56. The molecule has 0 aromatic carbocycles. The number of hydrogen-bond acceptors (Lipinski definition) is 4. The van der Waals surface area contributed by atoms with E-state index in [1.54, 1.807) is 11.3 Å². The molecule has 1 aromatic heterocycles. The highest BCUT2D eigenvalue weighted by Gasteiger charge is 2.32. The molecule has 3 atom stereocenters. The van der Waals surface area contributed by atoms with Gasteiger partial charge in [0.05, 0.1) is 5.69 Å². The fraction of sp³-hybridized carbons (Fsp3) is 0.733. The van der Waals surface area contributed by atoms with Gasteiger partial charge in [-0.2, -0.15) is 0 Å². The zero-order valence-corrected chi connectivity index (χ0v) is 12.9. The maximum absolute atomic E-state index is 11.4. The summed E-state index contributed by atoms with van der Waals surface area (Å²) in [7, 11) is 0. The summed E-state index contributed by atoms with van der Waals surface area (Å²) in [6, 6.07) is 0.516. The van der Waals surface area contributed by atoms with Crippen molar-refractivity contribution >= 4 is 22.4 Å². The minimum absolute atomic E-state index is 0.388. The molecule has 0 saturated carbocycles. The Morgan fingerprint density at radius 1 is 1.35 bits per heavy atom. The van der Waals surface area contributed by atoms with Crippen LogP contribution < -0.4 is 4.90 Å². The van der Waals surface area contributed by atoms with Crippen molar-refractivity contribution in [1.82, 2.24) is 4.98 Å². The minimum Gasteiger partial charge on any atom is -0.481 e. The number of aliphatic carboxylic acids is 1. The largest absolute Gasteiger partial charge is 0.481 e. The molecule has 1 fully saturated rings. The van der Waals surface area contributed by atoms with Gasteiger partial charge in [-0.1, -0.05) is 6.92 Å². The first kappa shape index (κ1) is 13.9. The molecule has 110 valence electrons. The smallest absolute Gasteiger partial charge is 0.312 e. The maximum atomic E-state index is 11.4. The van der Waals surface area contributed by atoms with Crippen molar-refractivity contribution in [2.45, 2.75) is 57.9 Å². The van der Waals surface area contributed by atoms with E-state index in [4.69, 9.17) is 4.98 Å². The average Bonchev–Trinajstić information content (AvgIpc) is 2.84. The zero-order valence-electron chi connectivity index (χ0n) is 12.1. The van der Waals surface area contributed by atoms with E-state index in [2.05, 4.69) is 18.7 Å². The Hall–Kier alpha value is -1.10. The van der Waals surface area contributed by atoms with E-state index in [9.17, 15) is 9.90 Å². The molecule has 3 unspecified atom stereocenters. The first-order valence-corrected chi connectivity index (χ1v) is 8.37. The highest BCUT2D eigenvalue weighted by atomic mass is 32.1. The van der Waals surface area contributed by atoms with Gasteiger partial charge >= 0.3 is 5.97 Å². The van der Waals surface area contributed by atoms with Crippen LogP contribution >= 0.6 is 11.3 Å². The topological polar surface area (TPSA) is 53.4 Å². The van der Waals surface area contributed by atoms with Gasteiger partial charge in [0.1, 0.15) is 5.92 Å². The van der Waals surface area contributed by atoms with Crippen LogP contribution in [0.1, 0.15) is 56.0 Å². The molecule has 4 nitrogen and oxygen atoms in total. The summed E-state index contributed by atoms with van der Waals surface area (Å²) in [5.41, 5.74) is 0.842. The van der Waals surface area contributed by atoms with Crippen LogP contribution in [0, 0.1) is 5.92 Å². The van der Waals surface area contributed by atoms with Gasteiger partial charge in [0, 0.05) is 17.5 Å². The molecular weight excluding hydrogens is 272 g/mol. The lowest BCUT2D eigenvalue weighted by Crippen LogP contribution is -2.41. The summed E-state index contributed by atoms with van der Waals surface area (Å²) in [6.45, 7) is 5.58. The lowest BCUT2D eigenvalue weighted by Gasteiger charge is -2.36. The second kappa shape index (κ2) is 5.35. The predicted molar refractivity (Wildman–Crippen MR) is 80.6 cm³/mol.